The van der Waals surface area contributed by atoms with E-state index in [0.717, 1.165) is 48.7 Å². The number of rotatable bonds is 4. The van der Waals surface area contributed by atoms with Gasteiger partial charge in [-0.05, 0) is 35.7 Å². The monoisotopic (exact) mass is 318 g/mol. The first-order chi connectivity index (χ1) is 10.7. The molecule has 0 amide bonds. The molecular formula is C18H20ClFN2. The highest BCUT2D eigenvalue weighted by molar-refractivity contribution is 6.31. The molecule has 0 saturated carbocycles. The van der Waals surface area contributed by atoms with Crippen molar-refractivity contribution in [2.45, 2.75) is 12.5 Å². The smallest absolute Gasteiger partial charge is 0.123 e. The van der Waals surface area contributed by atoms with Crippen molar-refractivity contribution < 1.29 is 4.39 Å². The Bertz CT molecular complexity index is 609. The van der Waals surface area contributed by atoms with Crippen LogP contribution >= 0.6 is 11.6 Å². The van der Waals surface area contributed by atoms with Crippen molar-refractivity contribution in [3.63, 3.8) is 0 Å². The molecule has 1 atom stereocenters. The molecule has 4 heteroatoms. The third-order valence-corrected chi connectivity index (χ3v) is 4.59. The van der Waals surface area contributed by atoms with Crippen molar-refractivity contribution in [3.05, 3.63) is 70.5 Å². The number of hydrogen-bond donors (Lipinski definition) is 1. The summed E-state index contributed by atoms with van der Waals surface area (Å²) in [6.45, 7) is 3.96. The number of halogens is 2. The maximum Gasteiger partial charge on any atom is 0.123 e. The lowest BCUT2D eigenvalue weighted by Gasteiger charge is -2.35. The molecule has 1 N–H and O–H groups in total. The van der Waals surface area contributed by atoms with E-state index in [1.165, 1.54) is 12.1 Å². The Labute approximate surface area is 135 Å². The van der Waals surface area contributed by atoms with E-state index in [0.29, 0.717) is 0 Å². The quantitative estimate of drug-likeness (QED) is 0.925. The van der Waals surface area contributed by atoms with Gasteiger partial charge in [-0.2, -0.15) is 0 Å². The molecular weight excluding hydrogens is 299 g/mol. The van der Waals surface area contributed by atoms with Crippen LogP contribution in [-0.2, 0) is 6.42 Å². The fraction of sp³-hybridized carbons (Fsp3) is 0.333. The van der Waals surface area contributed by atoms with E-state index in [-0.39, 0.29) is 11.9 Å². The maximum absolute atomic E-state index is 13.2. The molecule has 1 saturated heterocycles. The third-order valence-electron chi connectivity index (χ3n) is 4.22. The van der Waals surface area contributed by atoms with E-state index in [1.54, 1.807) is 0 Å². The second-order valence-corrected chi connectivity index (χ2v) is 6.06. The van der Waals surface area contributed by atoms with Gasteiger partial charge in [-0.3, -0.25) is 4.90 Å². The first-order valence-electron chi connectivity index (χ1n) is 7.67. The van der Waals surface area contributed by atoms with E-state index in [2.05, 4.69) is 16.3 Å². The van der Waals surface area contributed by atoms with Crippen LogP contribution in [0.2, 0.25) is 5.02 Å². The van der Waals surface area contributed by atoms with Crippen LogP contribution in [0.25, 0.3) is 0 Å². The van der Waals surface area contributed by atoms with Crippen LogP contribution in [0, 0.1) is 5.82 Å². The van der Waals surface area contributed by atoms with Crippen LogP contribution in [0.1, 0.15) is 17.2 Å². The average Bonchev–Trinajstić information content (AvgIpc) is 2.56. The highest BCUT2D eigenvalue weighted by Gasteiger charge is 2.23. The van der Waals surface area contributed by atoms with Crippen LogP contribution in [0.15, 0.2) is 48.5 Å². The summed E-state index contributed by atoms with van der Waals surface area (Å²) in [7, 11) is 0. The summed E-state index contributed by atoms with van der Waals surface area (Å²) in [5.74, 6) is -0.194. The van der Waals surface area contributed by atoms with E-state index >= 15 is 0 Å². The highest BCUT2D eigenvalue weighted by Crippen LogP contribution is 2.28. The van der Waals surface area contributed by atoms with Gasteiger partial charge in [-0.25, -0.2) is 4.39 Å². The van der Waals surface area contributed by atoms with Crippen molar-refractivity contribution in [1.82, 2.24) is 10.2 Å². The van der Waals surface area contributed by atoms with Gasteiger partial charge in [0.15, 0.2) is 0 Å². The van der Waals surface area contributed by atoms with Crippen LogP contribution in [0.3, 0.4) is 0 Å². The predicted octanol–water partition coefficient (Wildman–Crippen LogP) is 3.67. The lowest BCUT2D eigenvalue weighted by Crippen LogP contribution is -2.45. The number of hydrogen-bond acceptors (Lipinski definition) is 2. The number of benzene rings is 2. The van der Waals surface area contributed by atoms with Crippen molar-refractivity contribution in [1.29, 1.82) is 0 Å². The van der Waals surface area contributed by atoms with E-state index < -0.39 is 0 Å². The van der Waals surface area contributed by atoms with Crippen molar-refractivity contribution in [2.24, 2.45) is 0 Å². The molecule has 2 aromatic carbocycles. The van der Waals surface area contributed by atoms with Gasteiger partial charge in [0, 0.05) is 37.2 Å². The van der Waals surface area contributed by atoms with Crippen molar-refractivity contribution in [2.75, 3.05) is 26.2 Å². The lowest BCUT2D eigenvalue weighted by atomic mass is 9.96. The summed E-state index contributed by atoms with van der Waals surface area (Å²) in [5, 5.41) is 4.17. The molecule has 1 aliphatic heterocycles. The maximum atomic E-state index is 13.2. The molecule has 0 radical (unpaired) electrons. The highest BCUT2D eigenvalue weighted by atomic mass is 35.5. The molecule has 0 aliphatic carbocycles. The zero-order valence-electron chi connectivity index (χ0n) is 12.4. The standard InChI is InChI=1S/C18H20ClFN2/c19-17-4-2-1-3-15(17)13-18(22-11-9-21-10-12-22)14-5-7-16(20)8-6-14/h1-8,18,21H,9-13H2. The summed E-state index contributed by atoms with van der Waals surface area (Å²) in [6.07, 6.45) is 0.839. The normalized spacial score (nSPS) is 17.4. The Balaban J connectivity index is 1.88. The molecule has 22 heavy (non-hydrogen) atoms. The van der Waals surface area contributed by atoms with E-state index in [4.69, 9.17) is 11.6 Å². The summed E-state index contributed by atoms with van der Waals surface area (Å²) in [4.78, 5) is 2.45. The van der Waals surface area contributed by atoms with Crippen LogP contribution in [0.5, 0.6) is 0 Å². The molecule has 1 aliphatic rings. The fourth-order valence-electron chi connectivity index (χ4n) is 3.01. The minimum absolute atomic E-state index is 0.194. The van der Waals surface area contributed by atoms with E-state index in [9.17, 15) is 4.39 Å². The summed E-state index contributed by atoms with van der Waals surface area (Å²) < 4.78 is 13.2. The Hall–Kier alpha value is -1.42. The number of nitrogens with one attached hydrogen (secondary N) is 1. The molecule has 1 heterocycles. The molecule has 0 spiro atoms. The average molecular weight is 319 g/mol. The minimum atomic E-state index is -0.194. The van der Waals surface area contributed by atoms with Gasteiger partial charge >= 0.3 is 0 Å². The largest absolute Gasteiger partial charge is 0.314 e. The minimum Gasteiger partial charge on any atom is -0.314 e. The molecule has 1 unspecified atom stereocenters. The Morgan fingerprint density at radius 2 is 1.73 bits per heavy atom. The van der Waals surface area contributed by atoms with Gasteiger partial charge in [0.1, 0.15) is 5.82 Å². The Kier molecular flexibility index (Phi) is 5.08. The van der Waals surface area contributed by atoms with Gasteiger partial charge in [-0.1, -0.05) is 41.9 Å². The summed E-state index contributed by atoms with van der Waals surface area (Å²) >= 11 is 6.33. The molecule has 3 rings (SSSR count). The summed E-state index contributed by atoms with van der Waals surface area (Å²) in [5.41, 5.74) is 2.28. The molecule has 1 fully saturated rings. The molecule has 2 nitrogen and oxygen atoms in total. The zero-order valence-corrected chi connectivity index (χ0v) is 13.2. The predicted molar refractivity (Wildman–Crippen MR) is 88.7 cm³/mol. The molecule has 116 valence electrons. The van der Waals surface area contributed by atoms with Crippen LogP contribution in [-0.4, -0.2) is 31.1 Å². The van der Waals surface area contributed by atoms with Crippen molar-refractivity contribution in [3.8, 4) is 0 Å². The zero-order chi connectivity index (χ0) is 15.4. The second kappa shape index (κ2) is 7.23. The van der Waals surface area contributed by atoms with Crippen LogP contribution < -0.4 is 5.32 Å². The second-order valence-electron chi connectivity index (χ2n) is 5.65. The van der Waals surface area contributed by atoms with Gasteiger partial charge in [0.25, 0.3) is 0 Å². The fourth-order valence-corrected chi connectivity index (χ4v) is 3.22. The van der Waals surface area contributed by atoms with Gasteiger partial charge in [-0.15, -0.1) is 0 Å². The van der Waals surface area contributed by atoms with Crippen molar-refractivity contribution >= 4 is 11.6 Å². The van der Waals surface area contributed by atoms with Crippen LogP contribution in [0.4, 0.5) is 4.39 Å². The molecule has 0 bridgehead atoms. The molecule has 2 aromatic rings. The van der Waals surface area contributed by atoms with Gasteiger partial charge < -0.3 is 5.32 Å². The molecule has 0 aromatic heterocycles. The third kappa shape index (κ3) is 3.67. The van der Waals surface area contributed by atoms with E-state index in [1.807, 2.05) is 30.3 Å². The first-order valence-corrected chi connectivity index (χ1v) is 8.05. The van der Waals surface area contributed by atoms with Gasteiger partial charge in [0.2, 0.25) is 0 Å². The Morgan fingerprint density at radius 1 is 1.05 bits per heavy atom. The van der Waals surface area contributed by atoms with Gasteiger partial charge in [0.05, 0.1) is 0 Å². The Morgan fingerprint density at radius 3 is 2.41 bits per heavy atom. The number of nitrogens with zero attached hydrogens (tertiary/aromatic N) is 1. The number of piperazine rings is 1. The SMILES string of the molecule is Fc1ccc(C(Cc2ccccc2Cl)N2CCNCC2)cc1. The topological polar surface area (TPSA) is 15.3 Å². The lowest BCUT2D eigenvalue weighted by molar-refractivity contribution is 0.172. The summed E-state index contributed by atoms with van der Waals surface area (Å²) in [6, 6.07) is 15.0. The first kappa shape index (κ1) is 15.5.